The summed E-state index contributed by atoms with van der Waals surface area (Å²) in [6.45, 7) is 7.52. The predicted octanol–water partition coefficient (Wildman–Crippen LogP) is 1.91. The van der Waals surface area contributed by atoms with Crippen LogP contribution in [-0.4, -0.2) is 33.5 Å². The molecule has 1 saturated heterocycles. The monoisotopic (exact) mass is 290 g/mol. The van der Waals surface area contributed by atoms with Gasteiger partial charge < -0.3 is 14.6 Å². The first kappa shape index (κ1) is 13.7. The van der Waals surface area contributed by atoms with Crippen molar-refractivity contribution < 1.29 is 4.74 Å². The van der Waals surface area contributed by atoms with Gasteiger partial charge >= 0.3 is 0 Å². The van der Waals surface area contributed by atoms with Gasteiger partial charge in [-0.2, -0.15) is 0 Å². The van der Waals surface area contributed by atoms with Crippen molar-refractivity contribution in [3.63, 3.8) is 0 Å². The lowest BCUT2D eigenvalue weighted by molar-refractivity contribution is -0.193. The van der Waals surface area contributed by atoms with Gasteiger partial charge in [-0.05, 0) is 25.7 Å². The lowest BCUT2D eigenvalue weighted by Gasteiger charge is -2.60. The Morgan fingerprint density at radius 1 is 1.29 bits per heavy atom. The maximum Gasteiger partial charge on any atom is 0.147 e. The molecule has 3 aliphatic rings. The Morgan fingerprint density at radius 3 is 3.10 bits per heavy atom. The van der Waals surface area contributed by atoms with Gasteiger partial charge in [0.2, 0.25) is 0 Å². The van der Waals surface area contributed by atoms with E-state index in [-0.39, 0.29) is 5.41 Å². The summed E-state index contributed by atoms with van der Waals surface area (Å²) in [6, 6.07) is 0.541. The Balaban J connectivity index is 1.44. The van der Waals surface area contributed by atoms with Gasteiger partial charge in [0, 0.05) is 36.9 Å². The van der Waals surface area contributed by atoms with Gasteiger partial charge in [-0.25, -0.2) is 0 Å². The first-order valence-corrected chi connectivity index (χ1v) is 8.44. The van der Waals surface area contributed by atoms with Crippen LogP contribution >= 0.6 is 0 Å². The van der Waals surface area contributed by atoms with Crippen molar-refractivity contribution in [2.24, 2.45) is 11.3 Å². The molecule has 21 heavy (non-hydrogen) atoms. The van der Waals surface area contributed by atoms with Gasteiger partial charge in [0.25, 0.3) is 0 Å². The first-order chi connectivity index (χ1) is 10.2. The molecule has 5 nitrogen and oxygen atoms in total. The van der Waals surface area contributed by atoms with Crippen LogP contribution in [0.2, 0.25) is 0 Å². The highest BCUT2D eigenvalue weighted by molar-refractivity contribution is 5.11. The molecule has 4 rings (SSSR count). The highest BCUT2D eigenvalue weighted by Gasteiger charge is 2.57. The van der Waals surface area contributed by atoms with Crippen LogP contribution in [0.5, 0.6) is 0 Å². The largest absolute Gasteiger partial charge is 0.377 e. The van der Waals surface area contributed by atoms with E-state index in [1.54, 1.807) is 0 Å². The smallest absolute Gasteiger partial charge is 0.147 e. The molecule has 1 N–H and O–H groups in total. The van der Waals surface area contributed by atoms with E-state index in [4.69, 9.17) is 4.74 Å². The molecule has 5 heteroatoms. The molecule has 0 unspecified atom stereocenters. The summed E-state index contributed by atoms with van der Waals surface area (Å²) < 4.78 is 8.29. The summed E-state index contributed by atoms with van der Waals surface area (Å²) in [5.74, 6) is 2.96. The van der Waals surface area contributed by atoms with Gasteiger partial charge in [0.1, 0.15) is 11.6 Å². The quantitative estimate of drug-likeness (QED) is 0.924. The zero-order chi connectivity index (χ0) is 14.4. The van der Waals surface area contributed by atoms with Gasteiger partial charge in [-0.15, -0.1) is 10.2 Å². The molecule has 0 amide bonds. The fourth-order valence-electron chi connectivity index (χ4n) is 4.64. The van der Waals surface area contributed by atoms with E-state index in [9.17, 15) is 0 Å². The van der Waals surface area contributed by atoms with Gasteiger partial charge in [-0.3, -0.25) is 0 Å². The molecule has 1 saturated carbocycles. The fraction of sp³-hybridized carbons (Fsp3) is 0.875. The normalized spacial score (nSPS) is 33.9. The van der Waals surface area contributed by atoms with Crippen molar-refractivity contribution in [1.29, 1.82) is 0 Å². The summed E-state index contributed by atoms with van der Waals surface area (Å²) in [5.41, 5.74) is 0.232. The van der Waals surface area contributed by atoms with Gasteiger partial charge in [0.05, 0.1) is 12.6 Å². The van der Waals surface area contributed by atoms with Crippen molar-refractivity contribution in [3.05, 3.63) is 11.6 Å². The third-order valence-corrected chi connectivity index (χ3v) is 5.75. The topological polar surface area (TPSA) is 52.0 Å². The highest BCUT2D eigenvalue weighted by atomic mass is 16.5. The van der Waals surface area contributed by atoms with E-state index in [1.807, 2.05) is 0 Å². The molecule has 116 valence electrons. The molecule has 1 aliphatic carbocycles. The molecule has 0 bridgehead atoms. The molecule has 2 aliphatic heterocycles. The van der Waals surface area contributed by atoms with E-state index in [0.29, 0.717) is 18.1 Å². The van der Waals surface area contributed by atoms with Crippen LogP contribution in [0.3, 0.4) is 0 Å². The minimum atomic E-state index is 0.232. The van der Waals surface area contributed by atoms with Crippen LogP contribution in [0.4, 0.5) is 0 Å². The minimum Gasteiger partial charge on any atom is -0.377 e. The Morgan fingerprint density at radius 2 is 2.19 bits per heavy atom. The van der Waals surface area contributed by atoms with Crippen LogP contribution in [0.25, 0.3) is 0 Å². The van der Waals surface area contributed by atoms with Crippen molar-refractivity contribution in [3.8, 4) is 0 Å². The highest BCUT2D eigenvalue weighted by Crippen LogP contribution is 2.51. The maximum absolute atomic E-state index is 5.98. The average Bonchev–Trinajstić information content (AvgIpc) is 2.91. The maximum atomic E-state index is 5.98. The molecule has 0 aromatic carbocycles. The molecular formula is C16H26N4O. The molecule has 1 aromatic heterocycles. The Bertz CT molecular complexity index is 524. The van der Waals surface area contributed by atoms with E-state index in [1.165, 1.54) is 31.5 Å². The third-order valence-electron chi connectivity index (χ3n) is 5.75. The van der Waals surface area contributed by atoms with Crippen molar-refractivity contribution >= 4 is 0 Å². The molecule has 1 aromatic rings. The first-order valence-electron chi connectivity index (χ1n) is 8.44. The number of nitrogens with one attached hydrogen (secondary N) is 1. The predicted molar refractivity (Wildman–Crippen MR) is 79.8 cm³/mol. The lowest BCUT2D eigenvalue weighted by Crippen LogP contribution is -2.69. The van der Waals surface area contributed by atoms with Gasteiger partial charge in [-0.1, -0.05) is 13.8 Å². The fourth-order valence-corrected chi connectivity index (χ4v) is 4.64. The average molecular weight is 290 g/mol. The van der Waals surface area contributed by atoms with Crippen LogP contribution in [0.1, 0.15) is 51.2 Å². The molecule has 0 spiro atoms. The van der Waals surface area contributed by atoms with Crippen molar-refractivity contribution in [2.45, 2.75) is 71.2 Å². The molecular weight excluding hydrogens is 264 g/mol. The summed E-state index contributed by atoms with van der Waals surface area (Å²) in [7, 11) is 0. The van der Waals surface area contributed by atoms with Crippen LogP contribution in [0.15, 0.2) is 0 Å². The second-order valence-electron chi connectivity index (χ2n) is 7.42. The summed E-state index contributed by atoms with van der Waals surface area (Å²) in [5, 5.41) is 12.5. The number of aryl methyl sites for hydroxylation is 1. The summed E-state index contributed by atoms with van der Waals surface area (Å²) in [6.07, 6.45) is 6.53. The number of hydrogen-bond donors (Lipinski definition) is 1. The standard InChI is InChI=1S/C16H26N4O/c1-16(2)14(11-6-5-9-21-15(11)16)17-10-13-19-18-12-7-3-4-8-20(12)13/h11,14-15,17H,3-10H2,1-2H3/t11-,14-,15-/m1/s1. The van der Waals surface area contributed by atoms with Gasteiger partial charge in [0.15, 0.2) is 0 Å². The Hall–Kier alpha value is -0.940. The number of rotatable bonds is 3. The van der Waals surface area contributed by atoms with Crippen LogP contribution in [0, 0.1) is 11.3 Å². The molecule has 2 fully saturated rings. The zero-order valence-corrected chi connectivity index (χ0v) is 13.1. The van der Waals surface area contributed by atoms with E-state index in [0.717, 1.165) is 31.9 Å². The molecule has 3 atom stereocenters. The third kappa shape index (κ3) is 2.13. The van der Waals surface area contributed by atoms with E-state index in [2.05, 4.69) is 33.9 Å². The zero-order valence-electron chi connectivity index (χ0n) is 13.1. The Labute approximate surface area is 126 Å². The number of hydrogen-bond acceptors (Lipinski definition) is 4. The summed E-state index contributed by atoms with van der Waals surface area (Å²) in [4.78, 5) is 0. The second-order valence-corrected chi connectivity index (χ2v) is 7.42. The van der Waals surface area contributed by atoms with E-state index >= 15 is 0 Å². The van der Waals surface area contributed by atoms with Crippen molar-refractivity contribution in [2.75, 3.05) is 6.61 Å². The number of ether oxygens (including phenoxy) is 1. The molecule has 0 radical (unpaired) electrons. The van der Waals surface area contributed by atoms with E-state index < -0.39 is 0 Å². The van der Waals surface area contributed by atoms with Crippen LogP contribution in [-0.2, 0) is 24.2 Å². The number of aromatic nitrogens is 3. The number of nitrogens with zero attached hydrogens (tertiary/aromatic N) is 3. The number of fused-ring (bicyclic) bond motifs is 2. The molecule has 3 heterocycles. The second kappa shape index (κ2) is 5.06. The lowest BCUT2D eigenvalue weighted by atomic mass is 9.55. The van der Waals surface area contributed by atoms with Crippen LogP contribution < -0.4 is 5.32 Å². The minimum absolute atomic E-state index is 0.232. The SMILES string of the molecule is CC1(C)[C@H](NCc2nnc3n2CCCC3)[C@H]2CCCO[C@H]21. The summed E-state index contributed by atoms with van der Waals surface area (Å²) >= 11 is 0. The Kier molecular flexibility index (Phi) is 3.30. The van der Waals surface area contributed by atoms with Crippen molar-refractivity contribution in [1.82, 2.24) is 20.1 Å².